The fourth-order valence-electron chi connectivity index (χ4n) is 2.47. The Labute approximate surface area is 153 Å². The van der Waals surface area contributed by atoms with Crippen molar-refractivity contribution >= 4 is 17.9 Å². The summed E-state index contributed by atoms with van der Waals surface area (Å²) >= 11 is 0. The standard InChI is InChI=1S/C19H28N2O5/c1-9(2)12-7-13(10(3)4)15(22)14(8-12)18(24)26-16(11(5)6)17(23)21-19(20)25/h7-11,16,22H,1-6H3,(H3,20,21,23,25). The number of urea groups is 1. The van der Waals surface area contributed by atoms with Crippen LogP contribution in [0.15, 0.2) is 12.1 Å². The predicted octanol–water partition coefficient (Wildman–Crippen LogP) is 3.02. The average molecular weight is 364 g/mol. The third kappa shape index (κ3) is 5.21. The molecule has 1 rings (SSSR count). The van der Waals surface area contributed by atoms with Gasteiger partial charge in [-0.2, -0.15) is 0 Å². The summed E-state index contributed by atoms with van der Waals surface area (Å²) < 4.78 is 5.29. The monoisotopic (exact) mass is 364 g/mol. The van der Waals surface area contributed by atoms with Gasteiger partial charge in [0.2, 0.25) is 0 Å². The number of carbonyl (C=O) groups excluding carboxylic acids is 3. The highest BCUT2D eigenvalue weighted by Crippen LogP contribution is 2.33. The van der Waals surface area contributed by atoms with Crippen molar-refractivity contribution < 1.29 is 24.2 Å². The Bertz CT molecular complexity index is 695. The molecule has 144 valence electrons. The number of primary amides is 1. The summed E-state index contributed by atoms with van der Waals surface area (Å²) in [6.07, 6.45) is -1.21. The number of esters is 1. The lowest BCUT2D eigenvalue weighted by Gasteiger charge is -2.21. The molecule has 0 fully saturated rings. The number of phenolic OH excluding ortho intramolecular Hbond substituents is 1. The van der Waals surface area contributed by atoms with Gasteiger partial charge in [-0.3, -0.25) is 10.1 Å². The lowest BCUT2D eigenvalue weighted by Crippen LogP contribution is -2.45. The van der Waals surface area contributed by atoms with Gasteiger partial charge in [-0.1, -0.05) is 47.6 Å². The summed E-state index contributed by atoms with van der Waals surface area (Å²) in [5.41, 5.74) is 6.46. The number of hydrogen-bond donors (Lipinski definition) is 3. The van der Waals surface area contributed by atoms with Crippen LogP contribution in [0.25, 0.3) is 0 Å². The number of nitrogens with two attached hydrogens (primary N) is 1. The number of aromatic hydroxyl groups is 1. The zero-order valence-corrected chi connectivity index (χ0v) is 16.1. The Morgan fingerprint density at radius 2 is 1.62 bits per heavy atom. The molecule has 3 amide bonds. The number of benzene rings is 1. The van der Waals surface area contributed by atoms with Crippen molar-refractivity contribution in [3.05, 3.63) is 28.8 Å². The van der Waals surface area contributed by atoms with Crippen molar-refractivity contribution in [1.82, 2.24) is 5.32 Å². The fourth-order valence-corrected chi connectivity index (χ4v) is 2.47. The van der Waals surface area contributed by atoms with E-state index in [0.29, 0.717) is 5.56 Å². The van der Waals surface area contributed by atoms with Crippen LogP contribution in [0.4, 0.5) is 4.79 Å². The van der Waals surface area contributed by atoms with Gasteiger partial charge in [0.25, 0.3) is 5.91 Å². The highest BCUT2D eigenvalue weighted by molar-refractivity contribution is 5.99. The molecule has 1 atom stereocenters. The molecule has 0 aliphatic carbocycles. The highest BCUT2D eigenvalue weighted by atomic mass is 16.5. The number of carbonyl (C=O) groups is 3. The van der Waals surface area contributed by atoms with E-state index in [4.69, 9.17) is 10.5 Å². The first-order valence-corrected chi connectivity index (χ1v) is 8.63. The first-order valence-electron chi connectivity index (χ1n) is 8.63. The number of ether oxygens (including phenoxy) is 1. The first-order chi connectivity index (χ1) is 12.0. The summed E-state index contributed by atoms with van der Waals surface area (Å²) in [5, 5.41) is 12.4. The minimum atomic E-state index is -1.21. The van der Waals surface area contributed by atoms with Crippen molar-refractivity contribution in [2.45, 2.75) is 59.5 Å². The maximum Gasteiger partial charge on any atom is 0.342 e. The Morgan fingerprint density at radius 3 is 2.04 bits per heavy atom. The molecule has 0 saturated carbocycles. The number of amides is 3. The molecule has 7 heteroatoms. The van der Waals surface area contributed by atoms with Crippen molar-refractivity contribution in [2.24, 2.45) is 11.7 Å². The number of rotatable bonds is 6. The van der Waals surface area contributed by atoms with Crippen LogP contribution >= 0.6 is 0 Å². The van der Waals surface area contributed by atoms with Gasteiger partial charge < -0.3 is 15.6 Å². The molecule has 0 aliphatic rings. The maximum absolute atomic E-state index is 12.6. The van der Waals surface area contributed by atoms with Crippen LogP contribution in [0, 0.1) is 5.92 Å². The SMILES string of the molecule is CC(C)c1cc(C(=O)OC(C(=O)NC(N)=O)C(C)C)c(O)c(C(C)C)c1. The molecule has 7 nitrogen and oxygen atoms in total. The van der Waals surface area contributed by atoms with Crippen LogP contribution in [0.1, 0.15) is 74.9 Å². The van der Waals surface area contributed by atoms with E-state index in [-0.39, 0.29) is 23.1 Å². The molecule has 4 N–H and O–H groups in total. The molecule has 0 heterocycles. The van der Waals surface area contributed by atoms with E-state index in [1.807, 2.05) is 39.1 Å². The van der Waals surface area contributed by atoms with E-state index in [2.05, 4.69) is 0 Å². The molecule has 0 bridgehead atoms. The second-order valence-corrected chi connectivity index (χ2v) is 7.24. The van der Waals surface area contributed by atoms with Crippen LogP contribution in [0.2, 0.25) is 0 Å². The lowest BCUT2D eigenvalue weighted by atomic mass is 9.92. The van der Waals surface area contributed by atoms with Crippen molar-refractivity contribution in [1.29, 1.82) is 0 Å². The van der Waals surface area contributed by atoms with E-state index >= 15 is 0 Å². The van der Waals surface area contributed by atoms with Crippen LogP contribution in [-0.4, -0.2) is 29.1 Å². The molecule has 0 aromatic heterocycles. The van der Waals surface area contributed by atoms with Gasteiger partial charge in [0.15, 0.2) is 6.10 Å². The minimum Gasteiger partial charge on any atom is -0.507 e. The summed E-state index contributed by atoms with van der Waals surface area (Å²) in [6, 6.07) is 2.40. The molecule has 1 aromatic carbocycles. The molecule has 0 aliphatic heterocycles. The zero-order valence-electron chi connectivity index (χ0n) is 16.1. The number of nitrogens with one attached hydrogen (secondary N) is 1. The second-order valence-electron chi connectivity index (χ2n) is 7.24. The smallest absolute Gasteiger partial charge is 0.342 e. The summed E-state index contributed by atoms with van der Waals surface area (Å²) in [6.45, 7) is 11.1. The zero-order chi connectivity index (χ0) is 20.2. The van der Waals surface area contributed by atoms with E-state index in [1.54, 1.807) is 19.9 Å². The van der Waals surface area contributed by atoms with Crippen LogP contribution < -0.4 is 11.1 Å². The van der Waals surface area contributed by atoms with Gasteiger partial charge in [0.1, 0.15) is 11.3 Å². The Morgan fingerprint density at radius 1 is 1.04 bits per heavy atom. The molecule has 26 heavy (non-hydrogen) atoms. The predicted molar refractivity (Wildman–Crippen MR) is 98.1 cm³/mol. The van der Waals surface area contributed by atoms with E-state index in [0.717, 1.165) is 5.56 Å². The molecule has 0 saturated heterocycles. The van der Waals surface area contributed by atoms with Crippen molar-refractivity contribution in [3.8, 4) is 5.75 Å². The molecule has 1 aromatic rings. The van der Waals surface area contributed by atoms with E-state index in [1.165, 1.54) is 0 Å². The summed E-state index contributed by atoms with van der Waals surface area (Å²) in [4.78, 5) is 35.6. The minimum absolute atomic E-state index is 0.000643. The molecular formula is C19H28N2O5. The van der Waals surface area contributed by atoms with Gasteiger partial charge in [-0.15, -0.1) is 0 Å². The molecular weight excluding hydrogens is 336 g/mol. The van der Waals surface area contributed by atoms with Gasteiger partial charge in [0, 0.05) is 0 Å². The second kappa shape index (κ2) is 8.69. The number of imide groups is 1. The van der Waals surface area contributed by atoms with Gasteiger partial charge >= 0.3 is 12.0 Å². The quantitative estimate of drug-likeness (QED) is 0.670. The van der Waals surface area contributed by atoms with Gasteiger partial charge in [-0.25, -0.2) is 9.59 Å². The summed E-state index contributed by atoms with van der Waals surface area (Å²) in [5.74, 6) is -2.04. The number of hydrogen-bond acceptors (Lipinski definition) is 5. The van der Waals surface area contributed by atoms with Crippen molar-refractivity contribution in [3.63, 3.8) is 0 Å². The normalized spacial score (nSPS) is 12.3. The van der Waals surface area contributed by atoms with E-state index in [9.17, 15) is 19.5 Å². The fraction of sp³-hybridized carbons (Fsp3) is 0.526. The Kier molecular flexibility index (Phi) is 7.18. The van der Waals surface area contributed by atoms with Crippen LogP contribution in [-0.2, 0) is 9.53 Å². The summed E-state index contributed by atoms with van der Waals surface area (Å²) in [7, 11) is 0. The molecule has 0 radical (unpaired) electrons. The van der Waals surface area contributed by atoms with E-state index < -0.39 is 29.9 Å². The third-order valence-corrected chi connectivity index (χ3v) is 4.01. The Hall–Kier alpha value is -2.57. The average Bonchev–Trinajstić information content (AvgIpc) is 2.50. The van der Waals surface area contributed by atoms with Gasteiger partial charge in [0.05, 0.1) is 0 Å². The number of phenols is 1. The topological polar surface area (TPSA) is 119 Å². The van der Waals surface area contributed by atoms with Crippen LogP contribution in [0.5, 0.6) is 5.75 Å². The maximum atomic E-state index is 12.6. The Balaban J connectivity index is 3.26. The third-order valence-electron chi connectivity index (χ3n) is 4.01. The highest BCUT2D eigenvalue weighted by Gasteiger charge is 2.30. The van der Waals surface area contributed by atoms with Gasteiger partial charge in [-0.05, 0) is 34.9 Å². The lowest BCUT2D eigenvalue weighted by molar-refractivity contribution is -0.130. The first kappa shape index (κ1) is 21.5. The van der Waals surface area contributed by atoms with Crippen molar-refractivity contribution in [2.75, 3.05) is 0 Å². The molecule has 0 spiro atoms. The van der Waals surface area contributed by atoms with Crippen LogP contribution in [0.3, 0.4) is 0 Å². The molecule has 1 unspecified atom stereocenters. The largest absolute Gasteiger partial charge is 0.507 e.